The molecule has 1 fully saturated rings. The second-order valence-electron chi connectivity index (χ2n) is 6.10. The Morgan fingerprint density at radius 2 is 2.22 bits per heavy atom. The molecule has 1 saturated carbocycles. The maximum Gasteiger partial charge on any atom is 0.305 e. The molecule has 0 aliphatic heterocycles. The first kappa shape index (κ1) is 13.0. The third-order valence-corrected chi connectivity index (χ3v) is 5.17. The quantitative estimate of drug-likeness (QED) is 0.614. The number of imidazole rings is 1. The minimum Gasteiger partial charge on any atom is -0.312 e. The van der Waals surface area contributed by atoms with Crippen LogP contribution in [0, 0.1) is 6.92 Å². The van der Waals surface area contributed by atoms with E-state index in [1.54, 1.807) is 0 Å². The van der Waals surface area contributed by atoms with Crippen LogP contribution in [0.3, 0.4) is 0 Å². The van der Waals surface area contributed by atoms with Crippen molar-refractivity contribution in [2.75, 3.05) is 0 Å². The van der Waals surface area contributed by atoms with Crippen molar-refractivity contribution in [3.63, 3.8) is 0 Å². The molecular formula is C17H14N4OS. The molecule has 0 saturated heterocycles. The van der Waals surface area contributed by atoms with E-state index in [1.165, 1.54) is 24.2 Å². The van der Waals surface area contributed by atoms with Crippen LogP contribution in [0.1, 0.15) is 30.1 Å². The molecule has 23 heavy (non-hydrogen) atoms. The molecule has 0 atom stereocenters. The van der Waals surface area contributed by atoms with Crippen molar-refractivity contribution in [2.24, 2.45) is 0 Å². The van der Waals surface area contributed by atoms with Gasteiger partial charge in [-0.2, -0.15) is 0 Å². The second kappa shape index (κ2) is 4.52. The van der Waals surface area contributed by atoms with Crippen LogP contribution in [0.15, 0.2) is 35.4 Å². The highest BCUT2D eigenvalue weighted by Crippen LogP contribution is 2.44. The minimum atomic E-state index is -0.0160. The summed E-state index contributed by atoms with van der Waals surface area (Å²) >= 11 is 1.25. The van der Waals surface area contributed by atoms with Crippen LogP contribution in [-0.2, 0) is 0 Å². The number of nitrogens with one attached hydrogen (secondary N) is 1. The summed E-state index contributed by atoms with van der Waals surface area (Å²) in [6.07, 6.45) is 6.26. The lowest BCUT2D eigenvalue weighted by atomic mass is 10.1. The van der Waals surface area contributed by atoms with E-state index in [1.807, 2.05) is 25.4 Å². The van der Waals surface area contributed by atoms with Gasteiger partial charge in [0.25, 0.3) is 0 Å². The van der Waals surface area contributed by atoms with Crippen molar-refractivity contribution in [3.8, 4) is 11.3 Å². The van der Waals surface area contributed by atoms with Gasteiger partial charge in [-0.3, -0.25) is 14.2 Å². The summed E-state index contributed by atoms with van der Waals surface area (Å²) < 4.78 is 3.11. The monoisotopic (exact) mass is 322 g/mol. The molecule has 4 aromatic rings. The maximum absolute atomic E-state index is 11.6. The predicted molar refractivity (Wildman–Crippen MR) is 91.1 cm³/mol. The molecule has 0 spiro atoms. The van der Waals surface area contributed by atoms with Gasteiger partial charge in [-0.05, 0) is 31.9 Å². The standard InChI is InChI=1S/C17H14N4OS/c1-9-8-21-14(7-18-9)20-15(10-2-3-10)16(21)11-4-5-12-13(6-11)23-17(22)19-12/h4-8,10H,2-3H2,1H3,(H,19,22). The first-order valence-corrected chi connectivity index (χ1v) is 8.48. The number of aromatic nitrogens is 4. The number of H-pyrrole nitrogens is 1. The molecule has 6 heteroatoms. The molecule has 1 aliphatic rings. The van der Waals surface area contributed by atoms with Crippen molar-refractivity contribution < 1.29 is 0 Å². The average molecular weight is 322 g/mol. The van der Waals surface area contributed by atoms with Gasteiger partial charge in [0.05, 0.1) is 33.5 Å². The zero-order valence-electron chi connectivity index (χ0n) is 12.5. The highest BCUT2D eigenvalue weighted by Gasteiger charge is 2.30. The van der Waals surface area contributed by atoms with Gasteiger partial charge in [0, 0.05) is 17.7 Å². The number of rotatable bonds is 2. The third kappa shape index (κ3) is 2.02. The van der Waals surface area contributed by atoms with Gasteiger partial charge in [0.15, 0.2) is 5.65 Å². The van der Waals surface area contributed by atoms with E-state index in [2.05, 4.69) is 26.5 Å². The Morgan fingerprint density at radius 1 is 1.35 bits per heavy atom. The summed E-state index contributed by atoms with van der Waals surface area (Å²) in [5.74, 6) is 0.547. The first-order chi connectivity index (χ1) is 11.2. The van der Waals surface area contributed by atoms with Gasteiger partial charge in [0.1, 0.15) is 0 Å². The topological polar surface area (TPSA) is 63.0 Å². The molecule has 0 unspecified atom stereocenters. The predicted octanol–water partition coefficient (Wildman–Crippen LogP) is 3.49. The summed E-state index contributed by atoms with van der Waals surface area (Å²) in [6.45, 7) is 1.99. The molecule has 0 radical (unpaired) electrons. The lowest BCUT2D eigenvalue weighted by Crippen LogP contribution is -1.93. The van der Waals surface area contributed by atoms with Crippen LogP contribution in [0.2, 0.25) is 0 Å². The Balaban J connectivity index is 1.83. The van der Waals surface area contributed by atoms with Gasteiger partial charge in [-0.1, -0.05) is 17.4 Å². The van der Waals surface area contributed by atoms with Crippen LogP contribution in [0.4, 0.5) is 0 Å². The van der Waals surface area contributed by atoms with Gasteiger partial charge in [-0.25, -0.2) is 4.98 Å². The zero-order valence-corrected chi connectivity index (χ0v) is 13.4. The Hall–Kier alpha value is -2.47. The Bertz CT molecular complexity index is 1120. The number of fused-ring (bicyclic) bond motifs is 2. The van der Waals surface area contributed by atoms with E-state index in [0.717, 1.165) is 38.5 Å². The van der Waals surface area contributed by atoms with E-state index in [9.17, 15) is 4.79 Å². The van der Waals surface area contributed by atoms with Crippen molar-refractivity contribution in [2.45, 2.75) is 25.7 Å². The summed E-state index contributed by atoms with van der Waals surface area (Å²) in [4.78, 5) is 23.6. The smallest absolute Gasteiger partial charge is 0.305 e. The van der Waals surface area contributed by atoms with Crippen LogP contribution < -0.4 is 4.87 Å². The fraction of sp³-hybridized carbons (Fsp3) is 0.235. The number of aromatic amines is 1. The molecule has 5 rings (SSSR count). The van der Waals surface area contributed by atoms with E-state index in [-0.39, 0.29) is 4.87 Å². The maximum atomic E-state index is 11.6. The average Bonchev–Trinajstić information content (AvgIpc) is 3.20. The summed E-state index contributed by atoms with van der Waals surface area (Å²) in [7, 11) is 0. The second-order valence-corrected chi connectivity index (χ2v) is 7.12. The molecule has 3 aromatic heterocycles. The SMILES string of the molecule is Cc1cn2c(-c3ccc4[nH]c(=O)sc4c3)c(C3CC3)nc2cn1. The first-order valence-electron chi connectivity index (χ1n) is 7.67. The summed E-state index contributed by atoms with van der Waals surface area (Å²) in [6, 6.07) is 6.13. The number of aryl methyl sites for hydroxylation is 1. The van der Waals surface area contributed by atoms with Gasteiger partial charge < -0.3 is 4.98 Å². The molecule has 0 bridgehead atoms. The van der Waals surface area contributed by atoms with E-state index in [0.29, 0.717) is 5.92 Å². The Labute approximate surface area is 135 Å². The molecule has 1 N–H and O–H groups in total. The summed E-state index contributed by atoms with van der Waals surface area (Å²) in [5, 5.41) is 0. The largest absolute Gasteiger partial charge is 0.312 e. The van der Waals surface area contributed by atoms with Crippen LogP contribution in [0.5, 0.6) is 0 Å². The van der Waals surface area contributed by atoms with Gasteiger partial charge in [0.2, 0.25) is 0 Å². The number of nitrogens with zero attached hydrogens (tertiary/aromatic N) is 3. The molecule has 1 aliphatic carbocycles. The Morgan fingerprint density at radius 3 is 3.04 bits per heavy atom. The van der Waals surface area contributed by atoms with Crippen molar-refractivity contribution >= 4 is 27.2 Å². The summed E-state index contributed by atoms with van der Waals surface area (Å²) in [5.41, 5.74) is 6.13. The van der Waals surface area contributed by atoms with Crippen LogP contribution in [0.25, 0.3) is 27.1 Å². The fourth-order valence-corrected chi connectivity index (χ4v) is 3.87. The molecule has 3 heterocycles. The van der Waals surface area contributed by atoms with E-state index < -0.39 is 0 Å². The highest BCUT2D eigenvalue weighted by molar-refractivity contribution is 7.16. The van der Waals surface area contributed by atoms with E-state index in [4.69, 9.17) is 4.98 Å². The van der Waals surface area contributed by atoms with E-state index >= 15 is 0 Å². The van der Waals surface area contributed by atoms with Crippen LogP contribution >= 0.6 is 11.3 Å². The van der Waals surface area contributed by atoms with Gasteiger partial charge in [-0.15, -0.1) is 0 Å². The zero-order chi connectivity index (χ0) is 15.6. The molecule has 114 valence electrons. The van der Waals surface area contributed by atoms with Gasteiger partial charge >= 0.3 is 4.87 Å². The minimum absolute atomic E-state index is 0.0160. The normalized spacial score (nSPS) is 14.8. The lowest BCUT2D eigenvalue weighted by molar-refractivity contribution is 1.06. The number of hydrogen-bond acceptors (Lipinski definition) is 4. The fourth-order valence-electron chi connectivity index (χ4n) is 3.09. The van der Waals surface area contributed by atoms with Crippen molar-refractivity contribution in [1.29, 1.82) is 0 Å². The number of benzene rings is 1. The molecular weight excluding hydrogens is 308 g/mol. The highest BCUT2D eigenvalue weighted by atomic mass is 32.1. The number of hydrogen-bond donors (Lipinski definition) is 1. The van der Waals surface area contributed by atoms with Crippen LogP contribution in [-0.4, -0.2) is 19.4 Å². The van der Waals surface area contributed by atoms with Crippen molar-refractivity contribution in [3.05, 3.63) is 51.6 Å². The van der Waals surface area contributed by atoms with Crippen molar-refractivity contribution in [1.82, 2.24) is 19.4 Å². The third-order valence-electron chi connectivity index (χ3n) is 4.32. The lowest BCUT2D eigenvalue weighted by Gasteiger charge is -2.05. The molecule has 1 aromatic carbocycles. The molecule has 5 nitrogen and oxygen atoms in total. The molecule has 0 amide bonds. The Kier molecular flexibility index (Phi) is 2.56. The number of thiazole rings is 1.